The summed E-state index contributed by atoms with van der Waals surface area (Å²) in [6.45, 7) is 4.36. The van der Waals surface area contributed by atoms with Crippen molar-refractivity contribution in [1.29, 1.82) is 0 Å². The van der Waals surface area contributed by atoms with Gasteiger partial charge in [-0.05, 0) is 18.9 Å². The Labute approximate surface area is 206 Å². The first-order valence-corrected chi connectivity index (χ1v) is 11.8. The van der Waals surface area contributed by atoms with Crippen molar-refractivity contribution in [3.05, 3.63) is 36.4 Å². The Balaban J connectivity index is 1.28. The van der Waals surface area contributed by atoms with Crippen molar-refractivity contribution in [2.45, 2.75) is 12.8 Å². The van der Waals surface area contributed by atoms with Gasteiger partial charge in [0.05, 0.1) is 31.6 Å². The Hall–Kier alpha value is -4.19. The van der Waals surface area contributed by atoms with Crippen LogP contribution in [-0.4, -0.2) is 72.3 Å². The summed E-state index contributed by atoms with van der Waals surface area (Å²) in [5, 5.41) is 2.95. The molecule has 1 amide bonds. The standard InChI is InChI=1S/C24H25N7O5/c1-33-19-5-4-15(13-25-19)23-27-17(14-35-23)22(32)26-16-12-18-20(28-21(16)30-6-2-3-7-30)29-24(36-18)31-8-10-34-11-9-31/h4-5,12-14H,2-3,6-11H2,1H3,(H,26,32). The van der Waals surface area contributed by atoms with Gasteiger partial charge in [0.2, 0.25) is 17.4 Å². The second kappa shape index (κ2) is 9.46. The van der Waals surface area contributed by atoms with Crippen LogP contribution in [0.3, 0.4) is 0 Å². The summed E-state index contributed by atoms with van der Waals surface area (Å²) < 4.78 is 22.0. The number of morpholine rings is 1. The molecule has 12 heteroatoms. The fourth-order valence-corrected chi connectivity index (χ4v) is 4.32. The fraction of sp³-hybridized carbons (Fsp3) is 0.375. The Morgan fingerprint density at radius 2 is 1.89 bits per heavy atom. The lowest BCUT2D eigenvalue weighted by molar-refractivity contribution is 0.102. The van der Waals surface area contributed by atoms with Crippen molar-refractivity contribution in [3.63, 3.8) is 0 Å². The number of oxazole rings is 2. The van der Waals surface area contributed by atoms with Crippen LogP contribution in [0.15, 0.2) is 39.5 Å². The monoisotopic (exact) mass is 491 g/mol. The van der Waals surface area contributed by atoms with E-state index >= 15 is 0 Å². The third-order valence-electron chi connectivity index (χ3n) is 6.22. The van der Waals surface area contributed by atoms with Gasteiger partial charge in [-0.25, -0.2) is 15.0 Å². The topological polar surface area (TPSA) is 132 Å². The van der Waals surface area contributed by atoms with Gasteiger partial charge >= 0.3 is 0 Å². The number of aromatic nitrogens is 4. The second-order valence-electron chi connectivity index (χ2n) is 8.55. The summed E-state index contributed by atoms with van der Waals surface area (Å²) in [5.41, 5.74) is 2.31. The number of ether oxygens (including phenoxy) is 2. The highest BCUT2D eigenvalue weighted by Crippen LogP contribution is 2.33. The number of carbonyl (C=O) groups excluding carboxylic acids is 1. The summed E-state index contributed by atoms with van der Waals surface area (Å²) >= 11 is 0. The minimum Gasteiger partial charge on any atom is -0.481 e. The van der Waals surface area contributed by atoms with Crippen molar-refractivity contribution < 1.29 is 23.1 Å². The maximum absolute atomic E-state index is 13.1. The molecule has 186 valence electrons. The van der Waals surface area contributed by atoms with Crippen molar-refractivity contribution in [2.24, 2.45) is 0 Å². The van der Waals surface area contributed by atoms with Crippen LogP contribution in [0.25, 0.3) is 22.7 Å². The van der Waals surface area contributed by atoms with Crippen molar-refractivity contribution >= 4 is 34.7 Å². The van der Waals surface area contributed by atoms with Crippen LogP contribution in [0, 0.1) is 0 Å². The SMILES string of the molecule is COc1ccc(-c2nc(C(=O)Nc3cc4oc(N5CCOCC5)nc4nc3N3CCCC3)co2)cn1. The lowest BCUT2D eigenvalue weighted by atomic mass is 10.3. The maximum atomic E-state index is 13.1. The van der Waals surface area contributed by atoms with E-state index in [-0.39, 0.29) is 11.6 Å². The molecular formula is C24H25N7O5. The number of anilines is 3. The number of nitrogens with zero attached hydrogens (tertiary/aromatic N) is 6. The van der Waals surface area contributed by atoms with Crippen LogP contribution < -0.4 is 19.9 Å². The van der Waals surface area contributed by atoms with Gasteiger partial charge in [0.15, 0.2) is 17.1 Å². The van der Waals surface area contributed by atoms with Gasteiger partial charge in [-0.2, -0.15) is 4.98 Å². The molecule has 0 radical (unpaired) electrons. The molecule has 0 aliphatic carbocycles. The molecule has 12 nitrogen and oxygen atoms in total. The normalized spacial score (nSPS) is 16.0. The van der Waals surface area contributed by atoms with Crippen LogP contribution in [0.1, 0.15) is 23.3 Å². The number of pyridine rings is 2. The van der Waals surface area contributed by atoms with Gasteiger partial charge in [0, 0.05) is 44.5 Å². The van der Waals surface area contributed by atoms with E-state index < -0.39 is 5.91 Å². The summed E-state index contributed by atoms with van der Waals surface area (Å²) in [6.07, 6.45) is 5.02. The van der Waals surface area contributed by atoms with Crippen LogP contribution in [0.2, 0.25) is 0 Å². The van der Waals surface area contributed by atoms with Crippen molar-refractivity contribution in [2.75, 3.05) is 61.6 Å². The molecule has 2 aliphatic rings. The zero-order chi connectivity index (χ0) is 24.5. The minimum absolute atomic E-state index is 0.139. The number of nitrogens with one attached hydrogen (secondary N) is 1. The number of carbonyl (C=O) groups is 1. The zero-order valence-electron chi connectivity index (χ0n) is 19.8. The van der Waals surface area contributed by atoms with E-state index in [0.717, 1.165) is 25.9 Å². The quantitative estimate of drug-likeness (QED) is 0.427. The number of amides is 1. The van der Waals surface area contributed by atoms with Crippen LogP contribution >= 0.6 is 0 Å². The Kier molecular flexibility index (Phi) is 5.85. The second-order valence-corrected chi connectivity index (χ2v) is 8.55. The molecule has 0 aromatic carbocycles. The van der Waals surface area contributed by atoms with Gasteiger partial charge in [-0.15, -0.1) is 0 Å². The number of methoxy groups -OCH3 is 1. The van der Waals surface area contributed by atoms with Crippen molar-refractivity contribution in [1.82, 2.24) is 19.9 Å². The van der Waals surface area contributed by atoms with E-state index in [1.807, 2.05) is 4.90 Å². The van der Waals surface area contributed by atoms with E-state index in [9.17, 15) is 4.79 Å². The molecule has 6 heterocycles. The molecule has 2 fully saturated rings. The summed E-state index contributed by atoms with van der Waals surface area (Å²) in [5.74, 6) is 1.01. The van der Waals surface area contributed by atoms with E-state index in [1.165, 1.54) is 6.26 Å². The summed E-state index contributed by atoms with van der Waals surface area (Å²) in [4.78, 5) is 35.2. The highest BCUT2D eigenvalue weighted by atomic mass is 16.5. The predicted octanol–water partition coefficient (Wildman–Crippen LogP) is 2.97. The molecule has 0 saturated carbocycles. The van der Waals surface area contributed by atoms with Gasteiger partial charge in [-0.3, -0.25) is 4.79 Å². The van der Waals surface area contributed by atoms with Gasteiger partial charge in [0.25, 0.3) is 11.9 Å². The van der Waals surface area contributed by atoms with E-state index in [0.29, 0.717) is 66.5 Å². The molecule has 4 aromatic heterocycles. The minimum atomic E-state index is -0.416. The largest absolute Gasteiger partial charge is 0.481 e. The van der Waals surface area contributed by atoms with E-state index in [2.05, 4.69) is 25.2 Å². The molecule has 2 aliphatic heterocycles. The average molecular weight is 492 g/mol. The van der Waals surface area contributed by atoms with Crippen LogP contribution in [0.5, 0.6) is 5.88 Å². The molecule has 0 atom stereocenters. The van der Waals surface area contributed by atoms with Gasteiger partial charge < -0.3 is 33.4 Å². The molecule has 2 saturated heterocycles. The third-order valence-corrected chi connectivity index (χ3v) is 6.22. The lowest BCUT2D eigenvalue weighted by Gasteiger charge is -2.24. The van der Waals surface area contributed by atoms with Gasteiger partial charge in [-0.1, -0.05) is 0 Å². The molecular weight excluding hydrogens is 466 g/mol. The van der Waals surface area contributed by atoms with E-state index in [1.54, 1.807) is 31.5 Å². The number of fused-ring (bicyclic) bond motifs is 1. The molecule has 4 aromatic rings. The fourth-order valence-electron chi connectivity index (χ4n) is 4.32. The zero-order valence-corrected chi connectivity index (χ0v) is 19.8. The van der Waals surface area contributed by atoms with Gasteiger partial charge in [0.1, 0.15) is 6.26 Å². The highest BCUT2D eigenvalue weighted by Gasteiger charge is 2.24. The van der Waals surface area contributed by atoms with E-state index in [4.69, 9.17) is 23.3 Å². The molecule has 1 N–H and O–H groups in total. The first-order chi connectivity index (χ1) is 17.7. The first-order valence-electron chi connectivity index (χ1n) is 11.8. The molecule has 0 bridgehead atoms. The lowest BCUT2D eigenvalue weighted by Crippen LogP contribution is -2.36. The molecule has 36 heavy (non-hydrogen) atoms. The smallest absolute Gasteiger partial charge is 0.300 e. The number of rotatable bonds is 6. The molecule has 0 spiro atoms. The molecule has 0 unspecified atom stereocenters. The predicted molar refractivity (Wildman–Crippen MR) is 131 cm³/mol. The summed E-state index contributed by atoms with van der Waals surface area (Å²) in [7, 11) is 1.54. The summed E-state index contributed by atoms with van der Waals surface area (Å²) in [6, 6.07) is 5.74. The molecule has 6 rings (SSSR count). The maximum Gasteiger partial charge on any atom is 0.300 e. The Morgan fingerprint density at radius 3 is 2.64 bits per heavy atom. The van der Waals surface area contributed by atoms with Crippen molar-refractivity contribution in [3.8, 4) is 17.3 Å². The third kappa shape index (κ3) is 4.31. The van der Waals surface area contributed by atoms with Crippen LogP contribution in [-0.2, 0) is 4.74 Å². The first kappa shape index (κ1) is 22.3. The Morgan fingerprint density at radius 1 is 1.06 bits per heavy atom. The van der Waals surface area contributed by atoms with Crippen LogP contribution in [0.4, 0.5) is 17.5 Å². The Bertz CT molecular complexity index is 1370. The average Bonchev–Trinajstić information content (AvgIpc) is 3.70. The number of hydrogen-bond acceptors (Lipinski definition) is 11. The number of hydrogen-bond donors (Lipinski definition) is 1. The highest BCUT2D eigenvalue weighted by molar-refractivity contribution is 6.05.